The topological polar surface area (TPSA) is 59.4 Å². The fourth-order valence-corrected chi connectivity index (χ4v) is 2.53. The number of hydrogen-bond donors (Lipinski definition) is 1. The van der Waals surface area contributed by atoms with Crippen LogP contribution in [0.5, 0.6) is 0 Å². The lowest BCUT2D eigenvalue weighted by atomic mass is 10.2. The Morgan fingerprint density at radius 2 is 2.28 bits per heavy atom. The molecule has 96 valence electrons. The van der Waals surface area contributed by atoms with Gasteiger partial charge < -0.3 is 9.84 Å². The van der Waals surface area contributed by atoms with Crippen molar-refractivity contribution in [1.29, 1.82) is 0 Å². The summed E-state index contributed by atoms with van der Waals surface area (Å²) in [5, 5.41) is 10.1. The normalized spacial score (nSPS) is 11.1. The van der Waals surface area contributed by atoms with E-state index < -0.39 is 0 Å². The van der Waals surface area contributed by atoms with Crippen molar-refractivity contribution in [3.63, 3.8) is 0 Å². The summed E-state index contributed by atoms with van der Waals surface area (Å²) >= 11 is 1.34. The summed E-state index contributed by atoms with van der Waals surface area (Å²) < 4.78 is 6.07. The zero-order valence-corrected chi connectivity index (χ0v) is 11.2. The number of carbonyl (C=O) groups is 1. The van der Waals surface area contributed by atoms with E-state index in [-0.39, 0.29) is 12.6 Å². The lowest BCUT2D eigenvalue weighted by molar-refractivity contribution is 0.0465. The van der Waals surface area contributed by atoms with Gasteiger partial charge in [-0.25, -0.2) is 4.79 Å². The molecule has 0 aromatic carbocycles. The molecule has 0 aliphatic heterocycles. The van der Waals surface area contributed by atoms with E-state index in [0.29, 0.717) is 17.4 Å². The van der Waals surface area contributed by atoms with E-state index in [2.05, 4.69) is 4.98 Å². The fourth-order valence-electron chi connectivity index (χ4n) is 1.56. The molecular formula is C13H15NO3S. The predicted molar refractivity (Wildman–Crippen MR) is 70.7 cm³/mol. The molecular weight excluding hydrogens is 250 g/mol. The summed E-state index contributed by atoms with van der Waals surface area (Å²) in [6, 6.07) is 1.76. The largest absolute Gasteiger partial charge is 0.461 e. The van der Waals surface area contributed by atoms with Crippen LogP contribution in [0.1, 0.15) is 29.1 Å². The second-order valence-corrected chi connectivity index (χ2v) is 5.56. The Labute approximate surface area is 109 Å². The van der Waals surface area contributed by atoms with Crippen molar-refractivity contribution in [2.24, 2.45) is 5.92 Å². The van der Waals surface area contributed by atoms with Crippen molar-refractivity contribution in [1.82, 2.24) is 4.98 Å². The van der Waals surface area contributed by atoms with Gasteiger partial charge in [0.1, 0.15) is 4.88 Å². The summed E-state index contributed by atoms with van der Waals surface area (Å²) in [6.07, 6.45) is 3.30. The number of thiophene rings is 1. The minimum atomic E-state index is -0.311. The number of nitrogens with zero attached hydrogens (tertiary/aromatic N) is 1. The molecule has 0 aliphatic carbocycles. The molecule has 2 aromatic rings. The van der Waals surface area contributed by atoms with E-state index in [1.165, 1.54) is 11.3 Å². The molecule has 0 bridgehead atoms. The third-order valence-corrected chi connectivity index (χ3v) is 3.50. The third kappa shape index (κ3) is 2.68. The number of rotatable bonds is 4. The highest BCUT2D eigenvalue weighted by Gasteiger charge is 2.14. The van der Waals surface area contributed by atoms with Crippen LogP contribution in [0.25, 0.3) is 10.1 Å². The first kappa shape index (κ1) is 13.0. The van der Waals surface area contributed by atoms with E-state index in [1.54, 1.807) is 18.5 Å². The Hall–Kier alpha value is -1.46. The summed E-state index contributed by atoms with van der Waals surface area (Å²) in [4.78, 5) is 16.4. The summed E-state index contributed by atoms with van der Waals surface area (Å²) in [7, 11) is 0. The Bertz CT molecular complexity index is 562. The van der Waals surface area contributed by atoms with Gasteiger partial charge in [-0.1, -0.05) is 13.8 Å². The number of carbonyl (C=O) groups excluding carboxylic acids is 1. The molecule has 0 aliphatic rings. The maximum Gasteiger partial charge on any atom is 0.348 e. The van der Waals surface area contributed by atoms with Gasteiger partial charge in [-0.15, -0.1) is 11.3 Å². The van der Waals surface area contributed by atoms with Gasteiger partial charge in [0.05, 0.1) is 17.9 Å². The monoisotopic (exact) mass is 265 g/mol. The number of hydrogen-bond acceptors (Lipinski definition) is 5. The van der Waals surface area contributed by atoms with Crippen molar-refractivity contribution in [3.8, 4) is 0 Å². The van der Waals surface area contributed by atoms with Crippen LogP contribution in [0.4, 0.5) is 0 Å². The van der Waals surface area contributed by atoms with Crippen LogP contribution < -0.4 is 0 Å². The molecule has 0 fully saturated rings. The van der Waals surface area contributed by atoms with E-state index >= 15 is 0 Å². The van der Waals surface area contributed by atoms with Crippen LogP contribution >= 0.6 is 11.3 Å². The lowest BCUT2D eigenvalue weighted by Crippen LogP contribution is -2.08. The van der Waals surface area contributed by atoms with Gasteiger partial charge in [-0.3, -0.25) is 4.98 Å². The van der Waals surface area contributed by atoms with Gasteiger partial charge in [0.15, 0.2) is 0 Å². The van der Waals surface area contributed by atoms with Crippen molar-refractivity contribution in [3.05, 3.63) is 28.9 Å². The fraction of sp³-hybridized carbons (Fsp3) is 0.385. The van der Waals surface area contributed by atoms with Crippen LogP contribution in [0.3, 0.4) is 0 Å². The molecule has 18 heavy (non-hydrogen) atoms. The highest BCUT2D eigenvalue weighted by Crippen LogP contribution is 2.28. The smallest absolute Gasteiger partial charge is 0.348 e. The number of aliphatic hydroxyl groups is 1. The Morgan fingerprint density at radius 1 is 1.50 bits per heavy atom. The van der Waals surface area contributed by atoms with Gasteiger partial charge in [0.25, 0.3) is 0 Å². The van der Waals surface area contributed by atoms with Crippen LogP contribution in [0.15, 0.2) is 18.5 Å². The first-order chi connectivity index (χ1) is 8.61. The van der Waals surface area contributed by atoms with Crippen molar-refractivity contribution in [2.45, 2.75) is 20.5 Å². The molecule has 1 N–H and O–H groups in total. The second kappa shape index (κ2) is 5.46. The minimum Gasteiger partial charge on any atom is -0.461 e. The van der Waals surface area contributed by atoms with E-state index in [0.717, 1.165) is 15.6 Å². The number of aromatic nitrogens is 1. The maximum atomic E-state index is 11.8. The molecule has 2 heterocycles. The maximum absolute atomic E-state index is 11.8. The molecule has 0 unspecified atom stereocenters. The Balaban J connectivity index is 2.27. The van der Waals surface area contributed by atoms with Crippen LogP contribution in [0.2, 0.25) is 0 Å². The minimum absolute atomic E-state index is 0.0818. The SMILES string of the molecule is CC(C)COC(=O)c1cc2c(CO)cncc2s1. The number of aliphatic hydroxyl groups excluding tert-OH is 1. The van der Waals surface area contributed by atoms with E-state index in [4.69, 9.17) is 4.74 Å². The quantitative estimate of drug-likeness (QED) is 0.863. The van der Waals surface area contributed by atoms with Gasteiger partial charge in [-0.2, -0.15) is 0 Å². The molecule has 0 spiro atoms. The average Bonchev–Trinajstić information content (AvgIpc) is 2.79. The van der Waals surface area contributed by atoms with Gasteiger partial charge >= 0.3 is 5.97 Å². The second-order valence-electron chi connectivity index (χ2n) is 4.47. The standard InChI is InChI=1S/C13H15NO3S/c1-8(2)7-17-13(16)11-3-10-9(6-15)4-14-5-12(10)18-11/h3-5,8,15H,6-7H2,1-2H3. The lowest BCUT2D eigenvalue weighted by Gasteiger charge is -2.04. The van der Waals surface area contributed by atoms with Crippen LogP contribution in [0, 0.1) is 5.92 Å². The average molecular weight is 265 g/mol. The number of pyridine rings is 1. The molecule has 0 amide bonds. The zero-order valence-electron chi connectivity index (χ0n) is 10.3. The Kier molecular flexibility index (Phi) is 3.93. The number of fused-ring (bicyclic) bond motifs is 1. The van der Waals surface area contributed by atoms with Crippen LogP contribution in [-0.4, -0.2) is 22.7 Å². The van der Waals surface area contributed by atoms with Gasteiger partial charge in [0, 0.05) is 23.3 Å². The van der Waals surface area contributed by atoms with Crippen LogP contribution in [-0.2, 0) is 11.3 Å². The highest BCUT2D eigenvalue weighted by atomic mass is 32.1. The van der Waals surface area contributed by atoms with Gasteiger partial charge in [0.2, 0.25) is 0 Å². The molecule has 5 heteroatoms. The molecule has 2 aromatic heterocycles. The molecule has 0 radical (unpaired) electrons. The van der Waals surface area contributed by atoms with Crippen molar-refractivity contribution < 1.29 is 14.6 Å². The number of ether oxygens (including phenoxy) is 1. The first-order valence-electron chi connectivity index (χ1n) is 5.76. The van der Waals surface area contributed by atoms with E-state index in [1.807, 2.05) is 13.8 Å². The molecule has 4 nitrogen and oxygen atoms in total. The molecule has 0 saturated carbocycles. The van der Waals surface area contributed by atoms with Gasteiger partial charge in [-0.05, 0) is 12.0 Å². The van der Waals surface area contributed by atoms with Crippen molar-refractivity contribution >= 4 is 27.4 Å². The van der Waals surface area contributed by atoms with Crippen molar-refractivity contribution in [2.75, 3.05) is 6.61 Å². The first-order valence-corrected chi connectivity index (χ1v) is 6.58. The van der Waals surface area contributed by atoms with E-state index in [9.17, 15) is 9.90 Å². The third-order valence-electron chi connectivity index (χ3n) is 2.45. The molecule has 0 saturated heterocycles. The Morgan fingerprint density at radius 3 is 2.94 bits per heavy atom. The number of esters is 1. The highest BCUT2D eigenvalue weighted by molar-refractivity contribution is 7.20. The molecule has 2 rings (SSSR count). The summed E-state index contributed by atoms with van der Waals surface area (Å²) in [5.74, 6) is 0.00628. The predicted octanol–water partition coefficient (Wildman–Crippen LogP) is 2.60. The summed E-state index contributed by atoms with van der Waals surface area (Å²) in [5.41, 5.74) is 0.728. The summed E-state index contributed by atoms with van der Waals surface area (Å²) in [6.45, 7) is 4.32. The molecule has 0 atom stereocenters. The zero-order chi connectivity index (χ0) is 13.1.